The number of anilines is 1. The maximum atomic E-state index is 12.0. The number of carbonyl (C=O) groups is 2. The van der Waals surface area contributed by atoms with E-state index in [1.807, 2.05) is 6.92 Å². The molecule has 1 aromatic carbocycles. The second kappa shape index (κ2) is 8.14. The van der Waals surface area contributed by atoms with Crippen LogP contribution in [0.1, 0.15) is 48.4 Å². The average molecular weight is 343 g/mol. The SMILES string of the molecule is CCCC(=O)Nc1ccc(O)c(C(C)=NNC(=O)c2ccoc2C)c1. The predicted octanol–water partition coefficient (Wildman–Crippen LogP) is 3.19. The van der Waals surface area contributed by atoms with Gasteiger partial charge in [-0.25, -0.2) is 5.43 Å². The second-order valence-electron chi connectivity index (χ2n) is 5.56. The fraction of sp³-hybridized carbons (Fsp3) is 0.278. The first kappa shape index (κ1) is 18.3. The van der Waals surface area contributed by atoms with Crippen LogP contribution in [-0.2, 0) is 4.79 Å². The molecule has 7 nitrogen and oxygen atoms in total. The van der Waals surface area contributed by atoms with Crippen LogP contribution in [0.15, 0.2) is 40.0 Å². The lowest BCUT2D eigenvalue weighted by Gasteiger charge is -2.09. The summed E-state index contributed by atoms with van der Waals surface area (Å²) >= 11 is 0. The van der Waals surface area contributed by atoms with E-state index in [9.17, 15) is 14.7 Å². The Labute approximate surface area is 145 Å². The Bertz CT molecular complexity index is 808. The summed E-state index contributed by atoms with van der Waals surface area (Å²) in [6.07, 6.45) is 2.59. The van der Waals surface area contributed by atoms with Gasteiger partial charge >= 0.3 is 0 Å². The summed E-state index contributed by atoms with van der Waals surface area (Å²) in [7, 11) is 0. The van der Waals surface area contributed by atoms with Gasteiger partial charge in [0.25, 0.3) is 5.91 Å². The topological polar surface area (TPSA) is 104 Å². The molecule has 0 aliphatic carbocycles. The van der Waals surface area contributed by atoms with E-state index in [4.69, 9.17) is 4.42 Å². The molecule has 0 radical (unpaired) electrons. The van der Waals surface area contributed by atoms with Crippen LogP contribution in [0.4, 0.5) is 5.69 Å². The highest BCUT2D eigenvalue weighted by molar-refractivity contribution is 6.04. The lowest BCUT2D eigenvalue weighted by atomic mass is 10.1. The van der Waals surface area contributed by atoms with Gasteiger partial charge in [-0.3, -0.25) is 9.59 Å². The molecule has 0 bridgehead atoms. The van der Waals surface area contributed by atoms with Gasteiger partial charge in [-0.1, -0.05) is 6.92 Å². The van der Waals surface area contributed by atoms with Crippen LogP contribution >= 0.6 is 0 Å². The first-order chi connectivity index (χ1) is 11.9. The van der Waals surface area contributed by atoms with Crippen molar-refractivity contribution < 1.29 is 19.1 Å². The number of hydrogen-bond acceptors (Lipinski definition) is 5. The van der Waals surface area contributed by atoms with Crippen molar-refractivity contribution >= 4 is 23.2 Å². The third-order valence-electron chi connectivity index (χ3n) is 3.58. The molecule has 0 spiro atoms. The summed E-state index contributed by atoms with van der Waals surface area (Å²) < 4.78 is 5.08. The highest BCUT2D eigenvalue weighted by atomic mass is 16.3. The molecule has 132 valence electrons. The number of phenols is 1. The monoisotopic (exact) mass is 343 g/mol. The maximum Gasteiger partial charge on any atom is 0.274 e. The lowest BCUT2D eigenvalue weighted by Crippen LogP contribution is -2.19. The van der Waals surface area contributed by atoms with Gasteiger partial charge in [0.1, 0.15) is 11.5 Å². The number of aryl methyl sites for hydroxylation is 1. The zero-order chi connectivity index (χ0) is 18.4. The van der Waals surface area contributed by atoms with Crippen LogP contribution in [0.3, 0.4) is 0 Å². The zero-order valence-electron chi connectivity index (χ0n) is 14.4. The van der Waals surface area contributed by atoms with E-state index in [2.05, 4.69) is 15.8 Å². The third-order valence-corrected chi connectivity index (χ3v) is 3.58. The molecule has 0 saturated carbocycles. The minimum atomic E-state index is -0.405. The van der Waals surface area contributed by atoms with Gasteiger partial charge in [0.15, 0.2) is 0 Å². The fourth-order valence-electron chi connectivity index (χ4n) is 2.23. The molecule has 1 aromatic heterocycles. The molecule has 3 N–H and O–H groups in total. The van der Waals surface area contributed by atoms with E-state index < -0.39 is 5.91 Å². The Morgan fingerprint density at radius 2 is 2.00 bits per heavy atom. The predicted molar refractivity (Wildman–Crippen MR) is 94.8 cm³/mol. The first-order valence-corrected chi connectivity index (χ1v) is 7.94. The van der Waals surface area contributed by atoms with Crippen molar-refractivity contribution in [1.82, 2.24) is 5.43 Å². The summed E-state index contributed by atoms with van der Waals surface area (Å²) in [6.45, 7) is 5.25. The normalized spacial score (nSPS) is 11.2. The van der Waals surface area contributed by atoms with Crippen LogP contribution in [0, 0.1) is 6.92 Å². The van der Waals surface area contributed by atoms with Gasteiger partial charge in [-0.2, -0.15) is 5.10 Å². The summed E-state index contributed by atoms with van der Waals surface area (Å²) in [5.74, 6) is -0.00715. The Morgan fingerprint density at radius 3 is 2.64 bits per heavy atom. The molecule has 0 saturated heterocycles. The molecule has 0 aliphatic rings. The molecular weight excluding hydrogens is 322 g/mol. The van der Waals surface area contributed by atoms with Crippen LogP contribution in [0.25, 0.3) is 0 Å². The van der Waals surface area contributed by atoms with Gasteiger partial charge in [0, 0.05) is 17.7 Å². The molecule has 2 rings (SSSR count). The highest BCUT2D eigenvalue weighted by Crippen LogP contribution is 2.22. The van der Waals surface area contributed by atoms with E-state index >= 15 is 0 Å². The number of carbonyl (C=O) groups excluding carboxylic acids is 2. The van der Waals surface area contributed by atoms with Crippen molar-refractivity contribution in [3.63, 3.8) is 0 Å². The van der Waals surface area contributed by atoms with Crippen LogP contribution in [0.2, 0.25) is 0 Å². The average Bonchev–Trinajstić information content (AvgIpc) is 3.00. The summed E-state index contributed by atoms with van der Waals surface area (Å²) in [5.41, 5.74) is 4.18. The molecule has 25 heavy (non-hydrogen) atoms. The van der Waals surface area contributed by atoms with E-state index in [-0.39, 0.29) is 11.7 Å². The molecule has 2 amide bonds. The lowest BCUT2D eigenvalue weighted by molar-refractivity contribution is -0.116. The molecule has 0 atom stereocenters. The van der Waals surface area contributed by atoms with Gasteiger partial charge in [-0.15, -0.1) is 0 Å². The van der Waals surface area contributed by atoms with Crippen molar-refractivity contribution in [2.75, 3.05) is 5.32 Å². The van der Waals surface area contributed by atoms with Gasteiger partial charge < -0.3 is 14.8 Å². The quantitative estimate of drug-likeness (QED) is 0.426. The molecule has 2 aromatic rings. The number of benzene rings is 1. The van der Waals surface area contributed by atoms with Crippen molar-refractivity contribution in [2.45, 2.75) is 33.6 Å². The summed E-state index contributed by atoms with van der Waals surface area (Å²) in [5, 5.41) is 16.8. The van der Waals surface area contributed by atoms with Crippen LogP contribution in [-0.4, -0.2) is 22.6 Å². The molecule has 0 unspecified atom stereocenters. The number of hydrogen-bond donors (Lipinski definition) is 3. The van der Waals surface area contributed by atoms with Crippen molar-refractivity contribution in [2.24, 2.45) is 5.10 Å². The Hall–Kier alpha value is -3.09. The minimum Gasteiger partial charge on any atom is -0.507 e. The molecule has 7 heteroatoms. The number of nitrogens with one attached hydrogen (secondary N) is 2. The molecule has 0 fully saturated rings. The Morgan fingerprint density at radius 1 is 1.24 bits per heavy atom. The Kier molecular flexibility index (Phi) is 5.94. The number of phenolic OH excluding ortho intramolecular Hbond substituents is 1. The van der Waals surface area contributed by atoms with E-state index in [1.54, 1.807) is 32.0 Å². The smallest absolute Gasteiger partial charge is 0.274 e. The van der Waals surface area contributed by atoms with E-state index in [0.29, 0.717) is 34.7 Å². The number of rotatable bonds is 6. The molecular formula is C18H21N3O4. The van der Waals surface area contributed by atoms with E-state index in [0.717, 1.165) is 6.42 Å². The number of aromatic hydroxyl groups is 1. The minimum absolute atomic E-state index is 0.00322. The number of hydrazone groups is 1. The highest BCUT2D eigenvalue weighted by Gasteiger charge is 2.12. The van der Waals surface area contributed by atoms with Crippen molar-refractivity contribution in [1.29, 1.82) is 0 Å². The van der Waals surface area contributed by atoms with Gasteiger partial charge in [0.2, 0.25) is 5.91 Å². The number of furan rings is 1. The van der Waals surface area contributed by atoms with Gasteiger partial charge in [0.05, 0.1) is 17.5 Å². The maximum absolute atomic E-state index is 12.0. The largest absolute Gasteiger partial charge is 0.507 e. The second-order valence-corrected chi connectivity index (χ2v) is 5.56. The van der Waals surface area contributed by atoms with Crippen molar-refractivity contribution in [3.8, 4) is 5.75 Å². The summed E-state index contributed by atoms with van der Waals surface area (Å²) in [6, 6.07) is 6.24. The first-order valence-electron chi connectivity index (χ1n) is 7.94. The number of amides is 2. The number of nitrogens with zero attached hydrogens (tertiary/aromatic N) is 1. The Balaban J connectivity index is 2.14. The van der Waals surface area contributed by atoms with Crippen LogP contribution < -0.4 is 10.7 Å². The van der Waals surface area contributed by atoms with Gasteiger partial charge in [-0.05, 0) is 44.5 Å². The van der Waals surface area contributed by atoms with E-state index in [1.165, 1.54) is 12.3 Å². The fourth-order valence-corrected chi connectivity index (χ4v) is 2.23. The third kappa shape index (κ3) is 4.69. The van der Waals surface area contributed by atoms with Crippen LogP contribution in [0.5, 0.6) is 5.75 Å². The molecule has 1 heterocycles. The summed E-state index contributed by atoms with van der Waals surface area (Å²) in [4.78, 5) is 23.7. The molecule has 0 aliphatic heterocycles. The standard InChI is InChI=1S/C18H21N3O4/c1-4-5-17(23)19-13-6-7-16(22)15(10-13)11(2)20-21-18(24)14-8-9-25-12(14)3/h6-10,22H,4-5H2,1-3H3,(H,19,23)(H,21,24). The zero-order valence-corrected chi connectivity index (χ0v) is 14.4. The van der Waals surface area contributed by atoms with Crippen molar-refractivity contribution in [3.05, 3.63) is 47.4 Å².